The molecule has 62 heavy (non-hydrogen) atoms. The molecule has 338 valence electrons. The number of nitrogen functional groups attached to an aromatic ring is 1. The van der Waals surface area contributed by atoms with Crippen molar-refractivity contribution < 1.29 is 52.0 Å². The van der Waals surface area contributed by atoms with Crippen molar-refractivity contribution in [2.75, 3.05) is 39.5 Å². The van der Waals surface area contributed by atoms with Crippen molar-refractivity contribution in [2.24, 2.45) is 16.7 Å². The number of aromatic nitrogens is 2. The van der Waals surface area contributed by atoms with E-state index in [4.69, 9.17) is 38.9 Å². The summed E-state index contributed by atoms with van der Waals surface area (Å²) < 4.78 is 48.3. The molecule has 2 saturated carbocycles. The van der Waals surface area contributed by atoms with Gasteiger partial charge < -0.3 is 45.0 Å². The summed E-state index contributed by atoms with van der Waals surface area (Å²) in [5.74, 6) is -0.0969. The van der Waals surface area contributed by atoms with Gasteiger partial charge in [-0.3, -0.25) is 18.7 Å². The first kappa shape index (κ1) is 46.6. The first-order valence-corrected chi connectivity index (χ1v) is 23.8. The van der Waals surface area contributed by atoms with Gasteiger partial charge in [0.15, 0.2) is 5.13 Å². The monoisotopic (exact) mass is 898 g/mol. The van der Waals surface area contributed by atoms with Gasteiger partial charge in [0.2, 0.25) is 26.0 Å². The van der Waals surface area contributed by atoms with Crippen LogP contribution in [0.5, 0.6) is 11.5 Å². The number of alkyl carbamates (subject to hydrolysis) is 1. The number of benzene rings is 1. The highest BCUT2D eigenvalue weighted by molar-refractivity contribution is 7.60. The fraction of sp³-hybridized carbons (Fsp3) is 0.581. The maximum absolute atomic E-state index is 14.9. The van der Waals surface area contributed by atoms with Crippen LogP contribution >= 0.6 is 18.7 Å². The minimum Gasteiger partial charge on any atom is -0.497 e. The number of carbonyl (C=O) groups is 4. The zero-order chi connectivity index (χ0) is 45.2. The Labute approximate surface area is 366 Å². The van der Waals surface area contributed by atoms with E-state index in [0.29, 0.717) is 38.9 Å². The second-order valence-electron chi connectivity index (χ2n) is 18.0. The third kappa shape index (κ3) is 10.1. The van der Waals surface area contributed by atoms with E-state index in [1.807, 2.05) is 40.7 Å². The number of ether oxygens (including phenoxy) is 5. The Morgan fingerprint density at radius 2 is 1.82 bits per heavy atom. The van der Waals surface area contributed by atoms with Gasteiger partial charge in [0, 0.05) is 41.4 Å². The number of nitrogens with one attached hydrogen (secondary N) is 2. The van der Waals surface area contributed by atoms with Crippen molar-refractivity contribution in [1.29, 1.82) is 0 Å². The number of hydrogen-bond donors (Lipinski definition) is 3. The molecule has 3 fully saturated rings. The fourth-order valence-corrected chi connectivity index (χ4v) is 11.1. The van der Waals surface area contributed by atoms with Crippen molar-refractivity contribution in [1.82, 2.24) is 25.5 Å². The lowest BCUT2D eigenvalue weighted by molar-refractivity contribution is -0.142. The molecule has 19 heteroatoms. The van der Waals surface area contributed by atoms with E-state index in [1.165, 1.54) is 22.9 Å². The van der Waals surface area contributed by atoms with Crippen LogP contribution in [0.3, 0.4) is 0 Å². The molecule has 3 amide bonds. The second kappa shape index (κ2) is 18.4. The predicted octanol–water partition coefficient (Wildman–Crippen LogP) is 7.48. The van der Waals surface area contributed by atoms with Crippen molar-refractivity contribution >= 4 is 58.8 Å². The smallest absolute Gasteiger partial charge is 0.497 e. The summed E-state index contributed by atoms with van der Waals surface area (Å²) in [7, 11) is -2.29. The van der Waals surface area contributed by atoms with E-state index in [9.17, 15) is 23.7 Å². The Balaban J connectivity index is 1.32. The number of anilines is 1. The Hall–Kier alpha value is -4.93. The highest BCUT2D eigenvalue weighted by Gasteiger charge is 2.73. The number of pyridine rings is 1. The average molecular weight is 899 g/mol. The molecule has 6 rings (SSSR count). The Morgan fingerprint density at radius 3 is 2.44 bits per heavy atom. The molecule has 3 aromatic rings. The van der Waals surface area contributed by atoms with Gasteiger partial charge in [-0.05, 0) is 55.6 Å². The van der Waals surface area contributed by atoms with E-state index in [1.54, 1.807) is 43.7 Å². The van der Waals surface area contributed by atoms with Crippen molar-refractivity contribution in [3.63, 3.8) is 0 Å². The lowest BCUT2D eigenvalue weighted by Gasteiger charge is -2.36. The summed E-state index contributed by atoms with van der Waals surface area (Å²) in [4.78, 5) is 65.8. The third-order valence-corrected chi connectivity index (χ3v) is 15.2. The van der Waals surface area contributed by atoms with E-state index in [-0.39, 0.29) is 38.0 Å². The fourth-order valence-electron chi connectivity index (χ4n) is 8.09. The minimum atomic E-state index is -3.85. The molecule has 2 aliphatic carbocycles. The van der Waals surface area contributed by atoms with Crippen molar-refractivity contribution in [3.05, 3.63) is 42.3 Å². The predicted molar refractivity (Wildman–Crippen MR) is 234 cm³/mol. The van der Waals surface area contributed by atoms with Crippen LogP contribution in [0.4, 0.5) is 14.7 Å². The number of likely N-dealkylation sites (tertiary alicyclic amines) is 1. The normalized spacial score (nSPS) is 23.9. The largest absolute Gasteiger partial charge is 0.510 e. The summed E-state index contributed by atoms with van der Waals surface area (Å²) in [5.41, 5.74) is 5.85. The van der Waals surface area contributed by atoms with E-state index in [2.05, 4.69) is 22.2 Å². The molecule has 3 heterocycles. The van der Waals surface area contributed by atoms with Gasteiger partial charge in [0.05, 0.1) is 31.5 Å². The molecule has 3 aliphatic rings. The highest BCUT2D eigenvalue weighted by Crippen LogP contribution is 2.76. The van der Waals surface area contributed by atoms with Gasteiger partial charge in [-0.2, -0.15) is 0 Å². The molecule has 0 radical (unpaired) electrons. The number of nitrogens with zero attached hydrogens (tertiary/aromatic N) is 3. The molecule has 1 saturated heterocycles. The van der Waals surface area contributed by atoms with Gasteiger partial charge >= 0.3 is 12.2 Å². The third-order valence-electron chi connectivity index (χ3n) is 11.8. The molecule has 1 aliphatic heterocycles. The van der Waals surface area contributed by atoms with Gasteiger partial charge in [0.25, 0.3) is 0 Å². The lowest BCUT2D eigenvalue weighted by atomic mass is 9.85. The number of carbonyl (C=O) groups excluding carboxylic acids is 4. The van der Waals surface area contributed by atoms with Gasteiger partial charge in [-0.15, -0.1) is 17.9 Å². The van der Waals surface area contributed by atoms with Crippen LogP contribution in [-0.4, -0.2) is 102 Å². The molecule has 0 spiro atoms. The van der Waals surface area contributed by atoms with E-state index >= 15 is 0 Å². The summed E-state index contributed by atoms with van der Waals surface area (Å²) in [6.07, 6.45) is 2.49. The van der Waals surface area contributed by atoms with Crippen molar-refractivity contribution in [2.45, 2.75) is 110 Å². The molecule has 1 aromatic carbocycles. The van der Waals surface area contributed by atoms with Crippen molar-refractivity contribution in [3.8, 4) is 22.9 Å². The summed E-state index contributed by atoms with van der Waals surface area (Å²) >= 11 is 1.27. The SMILES string of the molecule is C=CC1(C)C[C@]1(NC(=O)[C@@H]1C[C@@H](Oc2cc(-c3csc(N)n3)nc3cc(OC)ccc23)CN1C(=O)[C@@H](NC(=O)OC1CCCC1)C(C)(C)C)P(C)(=O)OCOC(=O)OCC(C)C. The first-order chi connectivity index (χ1) is 29.2. The number of methoxy groups -OCH3 is 1. The summed E-state index contributed by atoms with van der Waals surface area (Å²) in [5, 5.41) is 7.15. The Bertz CT molecular complexity index is 2220. The maximum Gasteiger partial charge on any atom is 0.510 e. The zero-order valence-corrected chi connectivity index (χ0v) is 38.4. The lowest BCUT2D eigenvalue weighted by Crippen LogP contribution is -2.59. The number of hydrogen-bond acceptors (Lipinski definition) is 15. The van der Waals surface area contributed by atoms with Gasteiger partial charge in [-0.1, -0.05) is 47.6 Å². The highest BCUT2D eigenvalue weighted by atomic mass is 32.1. The molecular formula is C43H59N6O11PS. The number of fused-ring (bicyclic) bond motifs is 1. The molecular weight excluding hydrogens is 840 g/mol. The topological polar surface area (TPSA) is 220 Å². The van der Waals surface area contributed by atoms with Crippen LogP contribution in [0.2, 0.25) is 0 Å². The minimum absolute atomic E-state index is 0.0144. The van der Waals surface area contributed by atoms with E-state index < -0.39 is 72.5 Å². The van der Waals surface area contributed by atoms with Gasteiger partial charge in [0.1, 0.15) is 46.8 Å². The van der Waals surface area contributed by atoms with Crippen LogP contribution in [0.1, 0.15) is 80.1 Å². The van der Waals surface area contributed by atoms with E-state index in [0.717, 1.165) is 25.7 Å². The quantitative estimate of drug-likeness (QED) is 0.0550. The molecule has 17 nitrogen and oxygen atoms in total. The molecule has 4 N–H and O–H groups in total. The van der Waals surface area contributed by atoms with Crippen LogP contribution < -0.4 is 25.8 Å². The first-order valence-electron chi connectivity index (χ1n) is 20.8. The second-order valence-corrected chi connectivity index (χ2v) is 21.6. The van der Waals surface area contributed by atoms with Crippen LogP contribution in [0.15, 0.2) is 42.3 Å². The maximum atomic E-state index is 14.9. The molecule has 2 unspecified atom stereocenters. The standard InChI is InChI=1S/C43H59N6O11PS/c1-10-42(7)23-43(42,61(9,54)58-24-57-40(53)56-21-25(2)3)48-36(50)33-18-28(20-49(33)37(51)35(41(4,5)6)47-39(52)60-26-13-11-12-14-26)59-34-19-31(32-22-62-38(44)46-32)45-30-17-27(55-8)15-16-29(30)34/h10,15-17,19,22,25-26,28,33,35H,1,11-14,18,20-21,23-24H2,2-9H3,(H2,44,46)(H,47,52)(H,48,50)/t28-,33+,35-,42?,43+,61?/m1/s1. The van der Waals surface area contributed by atoms with Crippen LogP contribution in [0.25, 0.3) is 22.3 Å². The Kier molecular flexibility index (Phi) is 13.8. The summed E-state index contributed by atoms with van der Waals surface area (Å²) in [6, 6.07) is 4.82. The number of rotatable bonds is 16. The number of amides is 3. The Morgan fingerprint density at radius 1 is 1.10 bits per heavy atom. The molecule has 2 aromatic heterocycles. The summed E-state index contributed by atoms with van der Waals surface area (Å²) in [6.45, 7) is 15.7. The molecule has 6 atom stereocenters. The number of thiazole rings is 1. The zero-order valence-electron chi connectivity index (χ0n) is 36.7. The van der Waals surface area contributed by atoms with Crippen LogP contribution in [-0.2, 0) is 32.9 Å². The van der Waals surface area contributed by atoms with Crippen LogP contribution in [0, 0.1) is 16.7 Å². The average Bonchev–Trinajstić information content (AvgIpc) is 3.73. The number of nitrogens with two attached hydrogens (primary N) is 1. The molecule has 0 bridgehead atoms. The van der Waals surface area contributed by atoms with Gasteiger partial charge in [-0.25, -0.2) is 19.6 Å².